The zero-order valence-corrected chi connectivity index (χ0v) is 15.8. The van der Waals surface area contributed by atoms with E-state index < -0.39 is 0 Å². The molecule has 2 aromatic carbocycles. The highest BCUT2D eigenvalue weighted by Gasteiger charge is 2.14. The summed E-state index contributed by atoms with van der Waals surface area (Å²) in [5.74, 6) is 0. The normalized spacial score (nSPS) is 12.3. The van der Waals surface area contributed by atoms with Gasteiger partial charge in [-0.1, -0.05) is 56.8 Å². The largest absolute Gasteiger partial charge is 0.377 e. The first-order valence-electron chi connectivity index (χ1n) is 5.75. The zero-order chi connectivity index (χ0) is 14.9. The molecule has 2 aromatic rings. The topological polar surface area (TPSA) is 12.0 Å². The number of rotatable bonds is 3. The summed E-state index contributed by atoms with van der Waals surface area (Å²) < 4.78 is 1.72. The Hall–Kier alpha value is 0.0700. The molecule has 1 atom stereocenters. The lowest BCUT2D eigenvalue weighted by Crippen LogP contribution is -2.07. The van der Waals surface area contributed by atoms with Crippen molar-refractivity contribution < 1.29 is 0 Å². The van der Waals surface area contributed by atoms with E-state index in [1.807, 2.05) is 37.3 Å². The third-order valence-corrected chi connectivity index (χ3v) is 5.43. The fourth-order valence-electron chi connectivity index (χ4n) is 1.80. The molecule has 0 aliphatic rings. The molecule has 0 aromatic heterocycles. The van der Waals surface area contributed by atoms with E-state index in [4.69, 9.17) is 34.8 Å². The van der Waals surface area contributed by atoms with Gasteiger partial charge in [0.25, 0.3) is 0 Å². The Kier molecular flexibility index (Phi) is 5.66. The van der Waals surface area contributed by atoms with E-state index >= 15 is 0 Å². The lowest BCUT2D eigenvalue weighted by molar-refractivity contribution is 0.884. The molecule has 1 N–H and O–H groups in total. The van der Waals surface area contributed by atoms with Crippen LogP contribution in [0.15, 0.2) is 39.3 Å². The molecular weight excluding hydrogens is 448 g/mol. The lowest BCUT2D eigenvalue weighted by Gasteiger charge is -2.19. The van der Waals surface area contributed by atoms with Crippen LogP contribution in [0.2, 0.25) is 15.1 Å². The van der Waals surface area contributed by atoms with Crippen LogP contribution in [0.3, 0.4) is 0 Å². The predicted molar refractivity (Wildman–Crippen MR) is 95.4 cm³/mol. The molecule has 106 valence electrons. The molecule has 0 heterocycles. The predicted octanol–water partition coefficient (Wildman–Crippen LogP) is 7.34. The second-order valence-corrected chi connectivity index (χ2v) is 7.19. The lowest BCUT2D eigenvalue weighted by atomic mass is 10.1. The minimum absolute atomic E-state index is 0.00495. The molecule has 0 amide bonds. The van der Waals surface area contributed by atoms with Gasteiger partial charge in [-0.2, -0.15) is 0 Å². The van der Waals surface area contributed by atoms with Gasteiger partial charge in [-0.25, -0.2) is 0 Å². The molecular formula is C14H10Br2Cl3N. The molecule has 0 aliphatic carbocycles. The maximum atomic E-state index is 6.25. The Morgan fingerprint density at radius 3 is 2.35 bits per heavy atom. The molecule has 6 heteroatoms. The SMILES string of the molecule is CC(Nc1ccc(Br)c(Cl)c1Cl)c1ccc(Br)cc1Cl. The molecule has 20 heavy (non-hydrogen) atoms. The standard InChI is InChI=1S/C14H10Br2Cl3N/c1-7(9-3-2-8(15)6-11(9)17)20-12-5-4-10(16)13(18)14(12)19/h2-7,20H,1H3. The number of halogens is 5. The molecule has 0 fully saturated rings. The van der Waals surface area contributed by atoms with E-state index in [9.17, 15) is 0 Å². The van der Waals surface area contributed by atoms with Gasteiger partial charge in [-0.3, -0.25) is 0 Å². The second kappa shape index (κ2) is 6.89. The number of anilines is 1. The quantitative estimate of drug-likeness (QED) is 0.475. The third-order valence-electron chi connectivity index (χ3n) is 2.84. The number of hydrogen-bond acceptors (Lipinski definition) is 1. The Labute approximate surface area is 149 Å². The summed E-state index contributed by atoms with van der Waals surface area (Å²) >= 11 is 25.3. The minimum atomic E-state index is 0.00495. The van der Waals surface area contributed by atoms with Crippen molar-refractivity contribution in [2.75, 3.05) is 5.32 Å². The van der Waals surface area contributed by atoms with Gasteiger partial charge >= 0.3 is 0 Å². The highest BCUT2D eigenvalue weighted by molar-refractivity contribution is 9.10. The Bertz CT molecular complexity index is 647. The van der Waals surface area contributed by atoms with Gasteiger partial charge in [0.05, 0.1) is 21.8 Å². The van der Waals surface area contributed by atoms with E-state index in [1.165, 1.54) is 0 Å². The van der Waals surface area contributed by atoms with Crippen LogP contribution >= 0.6 is 66.7 Å². The van der Waals surface area contributed by atoms with Gasteiger partial charge in [0, 0.05) is 14.0 Å². The fourth-order valence-corrected chi connectivity index (χ4v) is 3.47. The van der Waals surface area contributed by atoms with Crippen molar-refractivity contribution in [2.45, 2.75) is 13.0 Å². The highest BCUT2D eigenvalue weighted by atomic mass is 79.9. The molecule has 0 bridgehead atoms. The molecule has 1 unspecified atom stereocenters. The summed E-state index contributed by atoms with van der Waals surface area (Å²) in [6.07, 6.45) is 0. The van der Waals surface area contributed by atoms with Gasteiger partial charge < -0.3 is 5.32 Å². The van der Waals surface area contributed by atoms with E-state index in [2.05, 4.69) is 37.2 Å². The monoisotopic (exact) mass is 455 g/mol. The first-order valence-corrected chi connectivity index (χ1v) is 8.47. The molecule has 0 saturated heterocycles. The van der Waals surface area contributed by atoms with E-state index in [1.54, 1.807) is 0 Å². The van der Waals surface area contributed by atoms with Crippen LogP contribution in [0.25, 0.3) is 0 Å². The van der Waals surface area contributed by atoms with E-state index in [-0.39, 0.29) is 6.04 Å². The number of benzene rings is 2. The molecule has 0 aliphatic heterocycles. The van der Waals surface area contributed by atoms with Gasteiger partial charge in [0.1, 0.15) is 0 Å². The first kappa shape index (κ1) is 16.4. The van der Waals surface area contributed by atoms with Crippen LogP contribution in [0, 0.1) is 0 Å². The van der Waals surface area contributed by atoms with Crippen LogP contribution in [-0.4, -0.2) is 0 Å². The molecule has 2 rings (SSSR count). The average Bonchev–Trinajstić information content (AvgIpc) is 2.39. The second-order valence-electron chi connectivity index (χ2n) is 4.25. The van der Waals surface area contributed by atoms with Crippen molar-refractivity contribution in [3.63, 3.8) is 0 Å². The summed E-state index contributed by atoms with van der Waals surface area (Å²) in [7, 11) is 0. The first-order chi connectivity index (χ1) is 9.40. The summed E-state index contributed by atoms with van der Waals surface area (Å²) in [4.78, 5) is 0. The molecule has 0 saturated carbocycles. The maximum Gasteiger partial charge on any atom is 0.0835 e. The summed E-state index contributed by atoms with van der Waals surface area (Å²) in [6, 6.07) is 9.53. The van der Waals surface area contributed by atoms with Gasteiger partial charge in [-0.05, 0) is 52.7 Å². The van der Waals surface area contributed by atoms with Crippen molar-refractivity contribution in [3.8, 4) is 0 Å². The molecule has 0 spiro atoms. The van der Waals surface area contributed by atoms with Crippen LogP contribution in [0.1, 0.15) is 18.5 Å². The smallest absolute Gasteiger partial charge is 0.0835 e. The fraction of sp³-hybridized carbons (Fsp3) is 0.143. The van der Waals surface area contributed by atoms with Crippen LogP contribution < -0.4 is 5.32 Å². The maximum absolute atomic E-state index is 6.25. The van der Waals surface area contributed by atoms with Crippen LogP contribution in [-0.2, 0) is 0 Å². The summed E-state index contributed by atoms with van der Waals surface area (Å²) in [5, 5.41) is 4.99. The van der Waals surface area contributed by atoms with Crippen molar-refractivity contribution in [2.24, 2.45) is 0 Å². The van der Waals surface area contributed by atoms with Gasteiger partial charge in [0.2, 0.25) is 0 Å². The van der Waals surface area contributed by atoms with Crippen LogP contribution in [0.4, 0.5) is 5.69 Å². The third kappa shape index (κ3) is 3.63. The number of hydrogen-bond donors (Lipinski definition) is 1. The van der Waals surface area contributed by atoms with Gasteiger partial charge in [0.15, 0.2) is 0 Å². The Morgan fingerprint density at radius 1 is 1.00 bits per heavy atom. The van der Waals surface area contributed by atoms with Crippen molar-refractivity contribution in [1.29, 1.82) is 0 Å². The summed E-state index contributed by atoms with van der Waals surface area (Å²) in [5.41, 5.74) is 1.76. The molecule has 1 nitrogen and oxygen atoms in total. The average molecular weight is 458 g/mol. The Morgan fingerprint density at radius 2 is 1.70 bits per heavy atom. The Balaban J connectivity index is 2.28. The van der Waals surface area contributed by atoms with E-state index in [0.717, 1.165) is 20.2 Å². The van der Waals surface area contributed by atoms with Crippen molar-refractivity contribution in [3.05, 3.63) is 59.9 Å². The van der Waals surface area contributed by atoms with Crippen molar-refractivity contribution >= 4 is 72.4 Å². The van der Waals surface area contributed by atoms with E-state index in [0.29, 0.717) is 15.1 Å². The minimum Gasteiger partial charge on any atom is -0.377 e. The molecule has 0 radical (unpaired) electrons. The van der Waals surface area contributed by atoms with Crippen molar-refractivity contribution in [1.82, 2.24) is 0 Å². The summed E-state index contributed by atoms with van der Waals surface area (Å²) in [6.45, 7) is 2.02. The zero-order valence-electron chi connectivity index (χ0n) is 10.4. The van der Waals surface area contributed by atoms with Crippen LogP contribution in [0.5, 0.6) is 0 Å². The highest BCUT2D eigenvalue weighted by Crippen LogP contribution is 2.38. The number of nitrogens with one attached hydrogen (secondary N) is 1. The van der Waals surface area contributed by atoms with Gasteiger partial charge in [-0.15, -0.1) is 0 Å².